The largest absolute Gasteiger partial charge is 0.456 e. The SMILES string of the molecule is c1cnc2c3ccc4c5c3c3n(c2c1)c1ccccc1[n+]3C51c2c(ccc3c5ncccc5n5c6ccccc6[n+]1c5c23)O4. The zero-order valence-corrected chi connectivity index (χ0v) is 23.0. The molecule has 0 amide bonds. The number of hydrogen-bond donors (Lipinski definition) is 0. The fraction of sp³-hybridized carbons (Fsp3) is 0.0270. The van der Waals surface area contributed by atoms with Crippen molar-refractivity contribution in [3.63, 3.8) is 0 Å². The average molecular weight is 563 g/mol. The molecular weight excluding hydrogens is 544 g/mol. The van der Waals surface area contributed by atoms with E-state index in [1.807, 2.05) is 24.5 Å². The molecule has 3 aliphatic heterocycles. The number of imidazole rings is 2. The molecule has 0 unspecified atom stereocenters. The van der Waals surface area contributed by atoms with Crippen LogP contribution in [0, 0.1) is 0 Å². The Morgan fingerprint density at radius 2 is 1.00 bits per heavy atom. The zero-order valence-electron chi connectivity index (χ0n) is 23.0. The van der Waals surface area contributed by atoms with Gasteiger partial charge in [-0.15, -0.1) is 0 Å². The van der Waals surface area contributed by atoms with Crippen LogP contribution in [0.2, 0.25) is 0 Å². The maximum Gasteiger partial charge on any atom is 0.316 e. The van der Waals surface area contributed by atoms with Gasteiger partial charge in [0.1, 0.15) is 33.7 Å². The molecule has 0 fully saturated rings. The lowest BCUT2D eigenvalue weighted by Crippen LogP contribution is -2.71. The van der Waals surface area contributed by atoms with Gasteiger partial charge in [0, 0.05) is 23.2 Å². The molecule has 0 saturated carbocycles. The van der Waals surface area contributed by atoms with Gasteiger partial charge in [0.05, 0.1) is 10.8 Å². The molecule has 13 rings (SSSR count). The summed E-state index contributed by atoms with van der Waals surface area (Å²) in [6.45, 7) is 0. The number of pyridine rings is 4. The molecule has 7 nitrogen and oxygen atoms in total. The fourth-order valence-corrected chi connectivity index (χ4v) is 9.18. The smallest absolute Gasteiger partial charge is 0.316 e. The van der Waals surface area contributed by atoms with Crippen molar-refractivity contribution in [3.8, 4) is 11.5 Å². The Kier molecular flexibility index (Phi) is 2.97. The van der Waals surface area contributed by atoms with Gasteiger partial charge in [0.25, 0.3) is 0 Å². The summed E-state index contributed by atoms with van der Waals surface area (Å²) in [7, 11) is 0. The van der Waals surface area contributed by atoms with Crippen molar-refractivity contribution in [1.82, 2.24) is 18.8 Å². The third kappa shape index (κ3) is 1.80. The molecule has 0 N–H and O–H groups in total. The minimum atomic E-state index is -0.718. The van der Waals surface area contributed by atoms with Crippen molar-refractivity contribution in [2.75, 3.05) is 0 Å². The first-order chi connectivity index (χ1) is 21.9. The molecule has 0 atom stereocenters. The third-order valence-corrected chi connectivity index (χ3v) is 10.5. The summed E-state index contributed by atoms with van der Waals surface area (Å²) >= 11 is 0. The first-order valence-corrected chi connectivity index (χ1v) is 14.9. The Balaban J connectivity index is 1.45. The second kappa shape index (κ2) is 6.31. The van der Waals surface area contributed by atoms with Crippen LogP contribution in [-0.4, -0.2) is 18.8 Å². The molecule has 3 aliphatic rings. The molecule has 0 radical (unpaired) electrons. The number of hydrogen-bond acceptors (Lipinski definition) is 3. The highest BCUT2D eigenvalue weighted by molar-refractivity contribution is 6.18. The molecule has 0 bridgehead atoms. The van der Waals surface area contributed by atoms with Crippen LogP contribution in [-0.2, 0) is 5.66 Å². The van der Waals surface area contributed by atoms with Gasteiger partial charge in [-0.1, -0.05) is 24.3 Å². The summed E-state index contributed by atoms with van der Waals surface area (Å²) in [5.74, 6) is 1.78. The number of benzene rings is 4. The van der Waals surface area contributed by atoms with E-state index >= 15 is 0 Å². The molecule has 9 heterocycles. The van der Waals surface area contributed by atoms with E-state index in [0.29, 0.717) is 0 Å². The molecule has 44 heavy (non-hydrogen) atoms. The number of aromatic nitrogens is 6. The van der Waals surface area contributed by atoms with Gasteiger partial charge in [0.2, 0.25) is 0 Å². The topological polar surface area (TPSA) is 51.6 Å². The van der Waals surface area contributed by atoms with Crippen LogP contribution < -0.4 is 13.9 Å². The van der Waals surface area contributed by atoms with Crippen molar-refractivity contribution in [1.29, 1.82) is 0 Å². The van der Waals surface area contributed by atoms with Crippen molar-refractivity contribution < 1.29 is 13.9 Å². The molecule has 7 heteroatoms. The Morgan fingerprint density at radius 3 is 1.52 bits per heavy atom. The Hall–Kier alpha value is -6.08. The molecule has 0 aliphatic carbocycles. The Morgan fingerprint density at radius 1 is 0.523 bits per heavy atom. The minimum absolute atomic E-state index is 0.718. The molecular formula is C37H18N6O+2. The van der Waals surface area contributed by atoms with Crippen LogP contribution in [0.3, 0.4) is 0 Å². The van der Waals surface area contributed by atoms with Gasteiger partial charge >= 0.3 is 17.0 Å². The minimum Gasteiger partial charge on any atom is -0.456 e. The van der Waals surface area contributed by atoms with Crippen LogP contribution in [0.15, 0.2) is 109 Å². The van der Waals surface area contributed by atoms with Gasteiger partial charge in [0.15, 0.2) is 33.1 Å². The van der Waals surface area contributed by atoms with E-state index in [-0.39, 0.29) is 0 Å². The van der Waals surface area contributed by atoms with Gasteiger partial charge < -0.3 is 4.74 Å². The number of para-hydroxylation sites is 4. The molecule has 1 spiro atoms. The summed E-state index contributed by atoms with van der Waals surface area (Å²) in [6, 6.07) is 34.8. The summed E-state index contributed by atoms with van der Waals surface area (Å²) in [5.41, 5.74) is 12.8. The zero-order chi connectivity index (χ0) is 28.1. The van der Waals surface area contributed by atoms with E-state index < -0.39 is 5.66 Å². The third-order valence-electron chi connectivity index (χ3n) is 10.5. The maximum atomic E-state index is 6.91. The molecule has 4 aromatic carbocycles. The summed E-state index contributed by atoms with van der Waals surface area (Å²) in [5, 5.41) is 4.67. The second-order valence-electron chi connectivity index (χ2n) is 12.2. The van der Waals surface area contributed by atoms with E-state index in [9.17, 15) is 0 Å². The fourth-order valence-electron chi connectivity index (χ4n) is 9.18. The van der Waals surface area contributed by atoms with E-state index in [1.54, 1.807) is 0 Å². The van der Waals surface area contributed by atoms with Crippen molar-refractivity contribution in [3.05, 3.63) is 121 Å². The van der Waals surface area contributed by atoms with Crippen LogP contribution in [0.4, 0.5) is 0 Å². The molecule has 200 valence electrons. The standard InChI is InChI=1S/C37H18N6O/c1-3-9-23-21(7-1)40-25-11-5-17-38-33(25)19-13-15-27-31-29(19)35(40)42(23)37(31)32-28(44-27)16-14-20-30(32)36-41(26-12-6-18-39-34(20)26)22-8-2-4-10-24(22)43(36)37/h1-18H/q+2. The first kappa shape index (κ1) is 20.7. The van der Waals surface area contributed by atoms with Crippen molar-refractivity contribution in [2.45, 2.75) is 5.66 Å². The van der Waals surface area contributed by atoms with Crippen molar-refractivity contribution >= 4 is 77.0 Å². The predicted octanol–water partition coefficient (Wildman–Crippen LogP) is 6.51. The van der Waals surface area contributed by atoms with Crippen LogP contribution in [0.1, 0.15) is 11.1 Å². The lowest BCUT2D eigenvalue weighted by molar-refractivity contribution is -0.923. The van der Waals surface area contributed by atoms with E-state index in [0.717, 1.165) is 55.4 Å². The predicted molar refractivity (Wildman–Crippen MR) is 167 cm³/mol. The normalized spacial score (nSPS) is 15.2. The molecule has 6 aromatic heterocycles. The highest BCUT2D eigenvalue weighted by Gasteiger charge is 2.67. The van der Waals surface area contributed by atoms with E-state index in [1.165, 1.54) is 44.2 Å². The summed E-state index contributed by atoms with van der Waals surface area (Å²) in [4.78, 5) is 9.95. The quantitative estimate of drug-likeness (QED) is 0.157. The monoisotopic (exact) mass is 562 g/mol. The van der Waals surface area contributed by atoms with Crippen LogP contribution in [0.25, 0.3) is 77.0 Å². The average Bonchev–Trinajstić information content (AvgIpc) is 3.79. The Labute approximate surface area is 247 Å². The van der Waals surface area contributed by atoms with Crippen LogP contribution >= 0.6 is 0 Å². The molecule has 10 aromatic rings. The van der Waals surface area contributed by atoms with Crippen LogP contribution in [0.5, 0.6) is 11.5 Å². The van der Waals surface area contributed by atoms with E-state index in [4.69, 9.17) is 14.7 Å². The lowest BCUT2D eigenvalue weighted by atomic mass is 9.85. The highest BCUT2D eigenvalue weighted by atomic mass is 16.5. The summed E-state index contributed by atoms with van der Waals surface area (Å²) in [6.07, 6.45) is 3.80. The van der Waals surface area contributed by atoms with Gasteiger partial charge in [-0.3, -0.25) is 9.97 Å². The number of fused-ring (bicyclic) bond motifs is 12. The lowest BCUT2D eigenvalue weighted by Gasteiger charge is -2.30. The van der Waals surface area contributed by atoms with Gasteiger partial charge in [-0.25, -0.2) is 0 Å². The Bertz CT molecular complexity index is 2890. The summed E-state index contributed by atoms with van der Waals surface area (Å²) < 4.78 is 16.9. The highest BCUT2D eigenvalue weighted by Crippen LogP contribution is 2.58. The molecule has 0 saturated heterocycles. The number of rotatable bonds is 0. The van der Waals surface area contributed by atoms with Gasteiger partial charge in [-0.2, -0.15) is 17.9 Å². The van der Waals surface area contributed by atoms with Gasteiger partial charge in [-0.05, 0) is 72.8 Å². The second-order valence-corrected chi connectivity index (χ2v) is 12.2. The number of nitrogens with zero attached hydrogens (tertiary/aromatic N) is 6. The van der Waals surface area contributed by atoms with Crippen molar-refractivity contribution in [2.24, 2.45) is 0 Å². The van der Waals surface area contributed by atoms with E-state index in [2.05, 4.69) is 103 Å². The first-order valence-electron chi connectivity index (χ1n) is 14.9. The maximum absolute atomic E-state index is 6.91. The number of ether oxygens (including phenoxy) is 1.